The van der Waals surface area contributed by atoms with Gasteiger partial charge in [0.15, 0.2) is 5.96 Å². The van der Waals surface area contributed by atoms with E-state index < -0.39 is 17.8 Å². The van der Waals surface area contributed by atoms with Gasteiger partial charge in [0.05, 0.1) is 29.4 Å². The number of alkyl halides is 3. The van der Waals surface area contributed by atoms with Crippen LogP contribution in [-0.2, 0) is 12.7 Å². The number of rotatable bonds is 8. The van der Waals surface area contributed by atoms with Gasteiger partial charge in [-0.1, -0.05) is 6.07 Å². The fraction of sp³-hybridized carbons (Fsp3) is 0.474. The minimum absolute atomic E-state index is 0.0434. The van der Waals surface area contributed by atoms with Crippen molar-refractivity contribution in [3.05, 3.63) is 45.9 Å². The molecule has 0 fully saturated rings. The molecule has 0 aliphatic rings. The van der Waals surface area contributed by atoms with Crippen LogP contribution in [0, 0.1) is 6.92 Å². The van der Waals surface area contributed by atoms with Crippen molar-refractivity contribution in [1.82, 2.24) is 15.2 Å². The summed E-state index contributed by atoms with van der Waals surface area (Å²) in [6.45, 7) is 4.96. The second-order valence-corrected chi connectivity index (χ2v) is 7.46. The van der Waals surface area contributed by atoms with E-state index in [1.54, 1.807) is 11.3 Å². The Bertz CT molecular complexity index is 811. The number of aliphatic hydroxyl groups is 1. The number of aliphatic imine (C=N–C) groups is 1. The van der Waals surface area contributed by atoms with Crippen LogP contribution in [0.25, 0.3) is 0 Å². The Morgan fingerprint density at radius 3 is 2.79 bits per heavy atom. The molecule has 160 valence electrons. The van der Waals surface area contributed by atoms with E-state index in [1.165, 1.54) is 12.1 Å². The summed E-state index contributed by atoms with van der Waals surface area (Å²) in [4.78, 5) is 10.7. The summed E-state index contributed by atoms with van der Waals surface area (Å²) in [7, 11) is 1.86. The number of aliphatic hydroxyl groups excluding tert-OH is 1. The van der Waals surface area contributed by atoms with E-state index in [1.807, 2.05) is 31.2 Å². The SMILES string of the molecule is CCNC(=NCC(O)COc1cccc(C(F)(F)F)c1)N(C)Cc1csc(C)n1. The number of thiazole rings is 1. The quantitative estimate of drug-likeness (QED) is 0.497. The van der Waals surface area contributed by atoms with Crippen LogP contribution in [0.1, 0.15) is 23.2 Å². The zero-order valence-corrected chi connectivity index (χ0v) is 17.3. The Hall–Kier alpha value is -2.33. The summed E-state index contributed by atoms with van der Waals surface area (Å²) >= 11 is 1.57. The molecule has 1 heterocycles. The van der Waals surface area contributed by atoms with Crippen molar-refractivity contribution in [2.45, 2.75) is 32.7 Å². The zero-order chi connectivity index (χ0) is 21.4. The van der Waals surface area contributed by atoms with Gasteiger partial charge in [-0.2, -0.15) is 13.2 Å². The number of ether oxygens (including phenoxy) is 1. The third-order valence-corrected chi connectivity index (χ3v) is 4.64. The van der Waals surface area contributed by atoms with E-state index in [4.69, 9.17) is 4.74 Å². The van der Waals surface area contributed by atoms with E-state index in [0.29, 0.717) is 19.0 Å². The predicted molar refractivity (Wildman–Crippen MR) is 107 cm³/mol. The van der Waals surface area contributed by atoms with Crippen molar-refractivity contribution < 1.29 is 23.0 Å². The fourth-order valence-electron chi connectivity index (χ4n) is 2.47. The molecule has 0 aliphatic heterocycles. The van der Waals surface area contributed by atoms with Gasteiger partial charge in [0.25, 0.3) is 0 Å². The van der Waals surface area contributed by atoms with Crippen LogP contribution in [0.15, 0.2) is 34.6 Å². The highest BCUT2D eigenvalue weighted by Crippen LogP contribution is 2.31. The number of halogens is 3. The van der Waals surface area contributed by atoms with E-state index in [9.17, 15) is 18.3 Å². The molecular formula is C19H25F3N4O2S. The van der Waals surface area contributed by atoms with Crippen molar-refractivity contribution in [1.29, 1.82) is 0 Å². The van der Waals surface area contributed by atoms with Gasteiger partial charge < -0.3 is 20.1 Å². The first-order chi connectivity index (χ1) is 13.7. The minimum Gasteiger partial charge on any atom is -0.491 e. The minimum atomic E-state index is -4.44. The molecule has 29 heavy (non-hydrogen) atoms. The van der Waals surface area contributed by atoms with Gasteiger partial charge >= 0.3 is 6.18 Å². The number of nitrogens with one attached hydrogen (secondary N) is 1. The van der Waals surface area contributed by atoms with Gasteiger partial charge in [-0.25, -0.2) is 4.98 Å². The van der Waals surface area contributed by atoms with Crippen molar-refractivity contribution in [3.63, 3.8) is 0 Å². The lowest BCUT2D eigenvalue weighted by Crippen LogP contribution is -2.39. The third-order valence-electron chi connectivity index (χ3n) is 3.82. The topological polar surface area (TPSA) is 70.0 Å². The summed E-state index contributed by atoms with van der Waals surface area (Å²) in [5, 5.41) is 16.2. The number of aromatic nitrogens is 1. The van der Waals surface area contributed by atoms with Crippen molar-refractivity contribution in [3.8, 4) is 5.75 Å². The molecular weight excluding hydrogens is 405 g/mol. The molecule has 0 spiro atoms. The highest BCUT2D eigenvalue weighted by molar-refractivity contribution is 7.09. The molecule has 1 unspecified atom stereocenters. The number of hydrogen-bond acceptors (Lipinski definition) is 5. The van der Waals surface area contributed by atoms with Crippen LogP contribution < -0.4 is 10.1 Å². The smallest absolute Gasteiger partial charge is 0.416 e. The van der Waals surface area contributed by atoms with Crippen LogP contribution in [0.5, 0.6) is 5.75 Å². The Kier molecular flexibility index (Phi) is 8.27. The first-order valence-corrected chi connectivity index (χ1v) is 9.95. The molecule has 1 aromatic carbocycles. The summed E-state index contributed by atoms with van der Waals surface area (Å²) in [5.41, 5.74) is 0.130. The largest absolute Gasteiger partial charge is 0.491 e. The van der Waals surface area contributed by atoms with E-state index in [0.717, 1.165) is 22.8 Å². The van der Waals surface area contributed by atoms with Gasteiger partial charge in [0.2, 0.25) is 0 Å². The highest BCUT2D eigenvalue weighted by atomic mass is 32.1. The Labute approximate surface area is 172 Å². The van der Waals surface area contributed by atoms with Gasteiger partial charge in [-0.3, -0.25) is 4.99 Å². The van der Waals surface area contributed by atoms with Gasteiger partial charge in [0.1, 0.15) is 18.5 Å². The molecule has 0 saturated carbocycles. The lowest BCUT2D eigenvalue weighted by Gasteiger charge is -2.21. The average molecular weight is 430 g/mol. The first-order valence-electron chi connectivity index (χ1n) is 9.07. The lowest BCUT2D eigenvalue weighted by atomic mass is 10.2. The molecule has 2 rings (SSSR count). The molecule has 1 atom stereocenters. The van der Waals surface area contributed by atoms with E-state index in [2.05, 4.69) is 15.3 Å². The van der Waals surface area contributed by atoms with Crippen LogP contribution in [0.3, 0.4) is 0 Å². The van der Waals surface area contributed by atoms with Crippen molar-refractivity contribution in [2.24, 2.45) is 4.99 Å². The maximum absolute atomic E-state index is 12.7. The van der Waals surface area contributed by atoms with Crippen LogP contribution in [0.4, 0.5) is 13.2 Å². The monoisotopic (exact) mass is 430 g/mol. The van der Waals surface area contributed by atoms with Crippen LogP contribution >= 0.6 is 11.3 Å². The maximum atomic E-state index is 12.7. The number of guanidine groups is 1. The highest BCUT2D eigenvalue weighted by Gasteiger charge is 2.30. The fourth-order valence-corrected chi connectivity index (χ4v) is 3.07. The summed E-state index contributed by atoms with van der Waals surface area (Å²) in [6, 6.07) is 4.56. The molecule has 1 aromatic heterocycles. The molecule has 2 aromatic rings. The normalized spacial score (nSPS) is 13.3. The zero-order valence-electron chi connectivity index (χ0n) is 16.5. The summed E-state index contributed by atoms with van der Waals surface area (Å²) < 4.78 is 43.5. The van der Waals surface area contributed by atoms with Crippen LogP contribution in [0.2, 0.25) is 0 Å². The molecule has 0 saturated heterocycles. The number of nitrogens with zero attached hydrogens (tertiary/aromatic N) is 3. The third kappa shape index (κ3) is 7.54. The molecule has 0 radical (unpaired) electrons. The van der Waals surface area contributed by atoms with Crippen LogP contribution in [-0.4, -0.2) is 53.8 Å². The molecule has 0 bridgehead atoms. The summed E-state index contributed by atoms with van der Waals surface area (Å²) in [5.74, 6) is 0.641. The molecule has 0 aliphatic carbocycles. The standard InChI is InChI=1S/C19H25F3N4O2S/c1-4-23-18(26(3)10-15-12-29-13(2)25-15)24-9-16(27)11-28-17-7-5-6-14(8-17)19(20,21)22/h5-8,12,16,27H,4,9-11H2,1-3H3,(H,23,24). The molecule has 2 N–H and O–H groups in total. The van der Waals surface area contributed by atoms with E-state index in [-0.39, 0.29) is 18.9 Å². The molecule has 0 amide bonds. The Morgan fingerprint density at radius 2 is 2.17 bits per heavy atom. The number of hydrogen-bond donors (Lipinski definition) is 2. The maximum Gasteiger partial charge on any atom is 0.416 e. The van der Waals surface area contributed by atoms with Crippen molar-refractivity contribution >= 4 is 17.3 Å². The van der Waals surface area contributed by atoms with Gasteiger partial charge in [0, 0.05) is 19.0 Å². The Balaban J connectivity index is 1.91. The van der Waals surface area contributed by atoms with E-state index >= 15 is 0 Å². The lowest BCUT2D eigenvalue weighted by molar-refractivity contribution is -0.137. The van der Waals surface area contributed by atoms with Gasteiger partial charge in [-0.05, 0) is 32.0 Å². The number of benzene rings is 1. The van der Waals surface area contributed by atoms with Crippen molar-refractivity contribution in [2.75, 3.05) is 26.7 Å². The average Bonchev–Trinajstić information content (AvgIpc) is 3.07. The number of aryl methyl sites for hydroxylation is 1. The molecule has 10 heteroatoms. The Morgan fingerprint density at radius 1 is 1.41 bits per heavy atom. The molecule has 6 nitrogen and oxygen atoms in total. The first kappa shape index (κ1) is 23.0. The second kappa shape index (κ2) is 10.4. The van der Waals surface area contributed by atoms with Gasteiger partial charge in [-0.15, -0.1) is 11.3 Å². The predicted octanol–water partition coefficient (Wildman–Crippen LogP) is 3.31. The second-order valence-electron chi connectivity index (χ2n) is 6.40. The summed E-state index contributed by atoms with van der Waals surface area (Å²) in [6.07, 6.45) is -5.41.